The van der Waals surface area contributed by atoms with Crippen molar-refractivity contribution in [1.29, 1.82) is 0 Å². The lowest BCUT2D eigenvalue weighted by Gasteiger charge is -2.43. The van der Waals surface area contributed by atoms with Crippen molar-refractivity contribution in [3.63, 3.8) is 0 Å². The number of carbonyl (C=O) groups is 12. The van der Waals surface area contributed by atoms with Gasteiger partial charge in [-0.1, -0.05) is 110 Å². The number of hydrogen-bond donors (Lipinski definition) is 3. The van der Waals surface area contributed by atoms with Crippen LogP contribution in [0, 0.1) is 23.7 Å². The molecule has 7 atom stereocenters. The molecular weight excluding hydrogens is 1320 g/mol. The summed E-state index contributed by atoms with van der Waals surface area (Å²) in [5.41, 5.74) is -2.36. The van der Waals surface area contributed by atoms with Gasteiger partial charge in [0.25, 0.3) is 0 Å². The van der Waals surface area contributed by atoms with E-state index in [2.05, 4.69) is 16.0 Å². The van der Waals surface area contributed by atoms with Gasteiger partial charge in [-0.2, -0.15) is 13.2 Å². The zero-order valence-corrected chi connectivity index (χ0v) is 61.2. The van der Waals surface area contributed by atoms with Crippen molar-refractivity contribution in [3.8, 4) is 0 Å². The molecule has 0 bridgehead atoms. The summed E-state index contributed by atoms with van der Waals surface area (Å²) in [6.45, 7) is 6.15. The number of benzene rings is 1. The number of nitrogens with zero attached hydrogens (tertiary/aromatic N) is 9. The van der Waals surface area contributed by atoms with Crippen LogP contribution in [0.25, 0.3) is 0 Å². The van der Waals surface area contributed by atoms with Crippen molar-refractivity contribution in [2.24, 2.45) is 23.7 Å². The summed E-state index contributed by atoms with van der Waals surface area (Å²) >= 11 is 6.16. The van der Waals surface area contributed by atoms with Crippen molar-refractivity contribution in [2.45, 2.75) is 217 Å². The first-order valence-electron chi connectivity index (χ1n) is 35.9. The van der Waals surface area contributed by atoms with Gasteiger partial charge >= 0.3 is 6.18 Å². The van der Waals surface area contributed by atoms with Gasteiger partial charge in [0.15, 0.2) is 0 Å². The Morgan fingerprint density at radius 2 is 1.23 bits per heavy atom. The lowest BCUT2D eigenvalue weighted by molar-refractivity contribution is -0.158. The molecule has 3 saturated carbocycles. The van der Waals surface area contributed by atoms with Gasteiger partial charge in [0, 0.05) is 69.0 Å². The van der Waals surface area contributed by atoms with Crippen LogP contribution in [0.15, 0.2) is 18.2 Å². The summed E-state index contributed by atoms with van der Waals surface area (Å²) in [5.74, 6) is -9.04. The van der Waals surface area contributed by atoms with E-state index in [1.54, 1.807) is 13.8 Å². The van der Waals surface area contributed by atoms with Gasteiger partial charge in [-0.25, -0.2) is 0 Å². The molecule has 7 rings (SSSR count). The zero-order chi connectivity index (χ0) is 73.7. The molecular formula is C71H108ClF3N12O13. The smallest absolute Gasteiger partial charge is 0.378 e. The molecule has 12 amide bonds. The first-order valence-corrected chi connectivity index (χ1v) is 36.3. The summed E-state index contributed by atoms with van der Waals surface area (Å²) in [4.78, 5) is 190. The number of likely N-dealkylation sites (N-methyl/N-ethyl adjacent to an activating group) is 7. The molecule has 1 aromatic carbocycles. The fraction of sp³-hybridized carbons (Fsp3) is 0.746. The van der Waals surface area contributed by atoms with Crippen LogP contribution in [0.5, 0.6) is 0 Å². The second kappa shape index (κ2) is 35.7. The van der Waals surface area contributed by atoms with E-state index in [1.807, 2.05) is 13.8 Å². The highest BCUT2D eigenvalue weighted by Gasteiger charge is 2.51. The molecule has 3 N–H and O–H groups in total. The molecule has 25 nitrogen and oxygen atoms in total. The third-order valence-electron chi connectivity index (χ3n) is 21.5. The number of alkyl halides is 3. The Kier molecular flexibility index (Phi) is 28.6. The van der Waals surface area contributed by atoms with Crippen LogP contribution in [0.4, 0.5) is 13.2 Å². The number of rotatable bonds is 10. The van der Waals surface area contributed by atoms with Crippen molar-refractivity contribution in [2.75, 3.05) is 102 Å². The minimum Gasteiger partial charge on any atom is -0.378 e. The summed E-state index contributed by atoms with van der Waals surface area (Å²) < 4.78 is 47.2. The molecule has 3 aliphatic heterocycles. The van der Waals surface area contributed by atoms with Crippen LogP contribution in [-0.4, -0.2) is 265 Å². The number of nitrogens with one attached hydrogen (secondary N) is 3. The van der Waals surface area contributed by atoms with Crippen LogP contribution < -0.4 is 16.0 Å². The number of amides is 12. The normalized spacial score (nSPS) is 26.7. The van der Waals surface area contributed by atoms with Crippen LogP contribution in [0.1, 0.15) is 167 Å². The Morgan fingerprint density at radius 3 is 1.83 bits per heavy atom. The third-order valence-corrected chi connectivity index (χ3v) is 21.8. The fourth-order valence-corrected chi connectivity index (χ4v) is 15.7. The number of aryl methyl sites for hydroxylation is 1. The average Bonchev–Trinajstić information content (AvgIpc) is 1.54. The molecule has 1 unspecified atom stereocenters. The molecule has 3 aliphatic carbocycles. The first kappa shape index (κ1) is 80.2. The Labute approximate surface area is 591 Å². The summed E-state index contributed by atoms with van der Waals surface area (Å²) in [6.07, 6.45) is 4.24. The molecule has 6 fully saturated rings. The van der Waals surface area contributed by atoms with Gasteiger partial charge < -0.3 is 64.8 Å². The van der Waals surface area contributed by atoms with Gasteiger partial charge in [-0.15, -0.1) is 0 Å². The topological polar surface area (TPSA) is 279 Å². The van der Waals surface area contributed by atoms with Gasteiger partial charge in [-0.3, -0.25) is 57.5 Å². The molecule has 3 saturated heterocycles. The van der Waals surface area contributed by atoms with Gasteiger partial charge in [0.2, 0.25) is 70.9 Å². The van der Waals surface area contributed by atoms with Gasteiger partial charge in [0.1, 0.15) is 47.8 Å². The maximum atomic E-state index is 15.8. The molecule has 100 heavy (non-hydrogen) atoms. The van der Waals surface area contributed by atoms with Crippen LogP contribution in [0.2, 0.25) is 5.02 Å². The lowest BCUT2D eigenvalue weighted by Crippen LogP contribution is -2.65. The van der Waals surface area contributed by atoms with Crippen molar-refractivity contribution in [1.82, 2.24) is 60.0 Å². The van der Waals surface area contributed by atoms with E-state index in [-0.39, 0.29) is 89.6 Å². The van der Waals surface area contributed by atoms with E-state index in [1.165, 1.54) is 84.8 Å². The summed E-state index contributed by atoms with van der Waals surface area (Å²) in [5, 5.41) is 8.11. The Hall–Kier alpha value is -7.10. The van der Waals surface area contributed by atoms with Crippen LogP contribution >= 0.6 is 11.6 Å². The van der Waals surface area contributed by atoms with Crippen LogP contribution in [0.3, 0.4) is 0 Å². The second-order valence-electron chi connectivity index (χ2n) is 29.6. The van der Waals surface area contributed by atoms with E-state index in [0.29, 0.717) is 37.7 Å². The standard InChI is InChI=1S/C71H108ClF3N12O13/c1-44(2)37-53-62(92)77-60(45(3)4)67(97)81(7)42-58(90)79(5)43-59(91)83(9)54(39-46-21-14-12-15-22-46)65(95)80(6)41-56(88)76-51(29-27-47-26-28-49(50(72)38-47)71(73,74)75)64(94)87-32-20-25-52(87)63(93)78-70(30-18-19-31-70)69(99)85(11)61(48-23-16-13-17-24-48)68(98)84(10)55(40-57(89)82(53)8)66(96)86-33-35-100-36-34-86/h26,28,38,44-46,48,51-55,60-61H,12-25,27,29-37,39-43H2,1-11H3,(H,76,88)(H,77,92)(H,78,93)/t51-,52?,53-,54-,55-,60-,61-/m0/s1. The van der Waals surface area contributed by atoms with Crippen molar-refractivity contribution < 1.29 is 75.4 Å². The number of ether oxygens (including phenoxy) is 1. The monoisotopic (exact) mass is 1430 g/mol. The molecule has 1 aromatic rings. The third kappa shape index (κ3) is 20.2. The van der Waals surface area contributed by atoms with E-state index >= 15 is 28.8 Å². The minimum atomic E-state index is -4.76. The second-order valence-corrected chi connectivity index (χ2v) is 30.0. The average molecular weight is 1430 g/mol. The molecule has 0 aromatic heterocycles. The van der Waals surface area contributed by atoms with E-state index in [0.717, 1.165) is 78.2 Å². The van der Waals surface area contributed by atoms with E-state index in [4.69, 9.17) is 16.3 Å². The Balaban J connectivity index is 1.28. The van der Waals surface area contributed by atoms with Gasteiger partial charge in [-0.05, 0) is 106 Å². The molecule has 558 valence electrons. The van der Waals surface area contributed by atoms with Gasteiger partial charge in [0.05, 0.1) is 49.9 Å². The van der Waals surface area contributed by atoms with Crippen molar-refractivity contribution >= 4 is 82.5 Å². The van der Waals surface area contributed by atoms with Crippen molar-refractivity contribution in [3.05, 3.63) is 34.3 Å². The maximum Gasteiger partial charge on any atom is 0.417 e. The SMILES string of the molecule is CC(C)C[C@H]1C(=O)N[C@@H](C(C)C)C(=O)N(C)CC(=O)N(C)CC(=O)N(C)[C@@H](CC2CCCCC2)C(=O)N(C)CC(=O)N[C@@H](CCc2ccc(C(F)(F)F)c(Cl)c2)C(=O)N2CCCC2C(=O)NC2(CCCC2)C(=O)N(C)[C@@H](C2CCCCC2)C(=O)N(C)[C@H](C(=O)N2CCOCC2)CC(=O)N1C. The molecule has 29 heteroatoms. The maximum absolute atomic E-state index is 15.8. The number of hydrogen-bond acceptors (Lipinski definition) is 13. The Bertz CT molecular complexity index is 3120. The number of halogens is 4. The minimum absolute atomic E-state index is 0.0168. The molecule has 6 aliphatic rings. The highest BCUT2D eigenvalue weighted by Crippen LogP contribution is 2.38. The zero-order valence-electron chi connectivity index (χ0n) is 60.4. The number of morpholine rings is 1. The molecule has 1 spiro atoms. The summed E-state index contributed by atoms with van der Waals surface area (Å²) in [6, 6.07) is -5.67. The van der Waals surface area contributed by atoms with E-state index < -0.39 is 173 Å². The van der Waals surface area contributed by atoms with Crippen LogP contribution in [-0.2, 0) is 74.9 Å². The fourth-order valence-electron chi connectivity index (χ4n) is 15.3. The highest BCUT2D eigenvalue weighted by atomic mass is 35.5. The predicted octanol–water partition coefficient (Wildman–Crippen LogP) is 4.88. The number of fused-ring (bicyclic) bond motifs is 1. The van der Waals surface area contributed by atoms with E-state index in [9.17, 15) is 41.9 Å². The quantitative estimate of drug-likeness (QED) is 0.282. The Morgan fingerprint density at radius 1 is 0.630 bits per heavy atom. The molecule has 0 radical (unpaired) electrons. The first-order chi connectivity index (χ1) is 47.2. The summed E-state index contributed by atoms with van der Waals surface area (Å²) in [7, 11) is 9.91. The highest BCUT2D eigenvalue weighted by molar-refractivity contribution is 6.31. The molecule has 3 heterocycles. The lowest BCUT2D eigenvalue weighted by atomic mass is 9.81. The predicted molar refractivity (Wildman–Crippen MR) is 366 cm³/mol. The number of carbonyl (C=O) groups excluding carboxylic acids is 12. The largest absolute Gasteiger partial charge is 0.417 e.